The van der Waals surface area contributed by atoms with Gasteiger partial charge < -0.3 is 15.4 Å². The van der Waals surface area contributed by atoms with Gasteiger partial charge in [-0.3, -0.25) is 4.79 Å². The summed E-state index contributed by atoms with van der Waals surface area (Å²) in [5.41, 5.74) is 7.53. The summed E-state index contributed by atoms with van der Waals surface area (Å²) in [6, 6.07) is 9.85. The molecule has 1 aliphatic heterocycles. The first-order chi connectivity index (χ1) is 11.2. The quantitative estimate of drug-likeness (QED) is 0.674. The van der Waals surface area contributed by atoms with E-state index < -0.39 is 0 Å². The third-order valence-corrected chi connectivity index (χ3v) is 4.55. The Morgan fingerprint density at radius 3 is 2.91 bits per heavy atom. The Kier molecular flexibility index (Phi) is 4.79. The molecule has 2 N–H and O–H groups in total. The predicted molar refractivity (Wildman–Crippen MR) is 94.7 cm³/mol. The summed E-state index contributed by atoms with van der Waals surface area (Å²) in [5.74, 6) is 1.01. The van der Waals surface area contributed by atoms with Gasteiger partial charge in [-0.05, 0) is 55.5 Å². The zero-order valence-corrected chi connectivity index (χ0v) is 13.9. The number of amides is 1. The minimum atomic E-state index is -0.0893. The van der Waals surface area contributed by atoms with Crippen molar-refractivity contribution >= 4 is 29.0 Å². The largest absolute Gasteiger partial charge is 0.449 e. The van der Waals surface area contributed by atoms with Crippen LogP contribution in [-0.4, -0.2) is 19.0 Å². The van der Waals surface area contributed by atoms with Crippen molar-refractivity contribution < 1.29 is 9.53 Å². The molecule has 1 aromatic carbocycles. The van der Waals surface area contributed by atoms with Crippen molar-refractivity contribution in [3.05, 3.63) is 51.9 Å². The lowest BCUT2D eigenvalue weighted by Gasteiger charge is -2.30. The van der Waals surface area contributed by atoms with Crippen LogP contribution in [0.15, 0.2) is 41.5 Å². The number of rotatable bonds is 5. The summed E-state index contributed by atoms with van der Waals surface area (Å²) in [5, 5.41) is 1.98. The maximum atomic E-state index is 12.8. The maximum Gasteiger partial charge on any atom is 0.294 e. The highest BCUT2D eigenvalue weighted by molar-refractivity contribution is 7.10. The Labute approximate surface area is 140 Å². The van der Waals surface area contributed by atoms with Crippen LogP contribution in [0.3, 0.4) is 0 Å². The average molecular weight is 328 g/mol. The first-order valence-corrected chi connectivity index (χ1v) is 8.62. The van der Waals surface area contributed by atoms with Crippen molar-refractivity contribution in [3.63, 3.8) is 0 Å². The monoisotopic (exact) mass is 328 g/mol. The summed E-state index contributed by atoms with van der Waals surface area (Å²) in [7, 11) is 0. The molecule has 0 aliphatic carbocycles. The van der Waals surface area contributed by atoms with E-state index in [1.54, 1.807) is 16.2 Å². The molecular weight excluding hydrogens is 308 g/mol. The van der Waals surface area contributed by atoms with Gasteiger partial charge in [-0.15, -0.1) is 11.3 Å². The number of ether oxygens (including phenoxy) is 1. The number of aryl methyl sites for hydroxylation is 1. The van der Waals surface area contributed by atoms with E-state index in [4.69, 9.17) is 10.5 Å². The molecule has 0 bridgehead atoms. The van der Waals surface area contributed by atoms with Gasteiger partial charge in [0, 0.05) is 17.5 Å². The van der Waals surface area contributed by atoms with Crippen LogP contribution in [0.5, 0.6) is 5.75 Å². The molecule has 120 valence electrons. The van der Waals surface area contributed by atoms with Crippen molar-refractivity contribution in [2.75, 3.05) is 18.0 Å². The van der Waals surface area contributed by atoms with E-state index in [0.29, 0.717) is 18.8 Å². The summed E-state index contributed by atoms with van der Waals surface area (Å²) >= 11 is 1.58. The molecule has 1 amide bonds. The second-order valence-corrected chi connectivity index (χ2v) is 6.53. The van der Waals surface area contributed by atoms with Gasteiger partial charge in [0.15, 0.2) is 11.5 Å². The lowest BCUT2D eigenvalue weighted by atomic mass is 10.1. The highest BCUT2D eigenvalue weighted by Crippen LogP contribution is 2.37. The highest BCUT2D eigenvalue weighted by atomic mass is 32.1. The van der Waals surface area contributed by atoms with Crippen molar-refractivity contribution in [1.29, 1.82) is 0 Å². The number of nitrogens with two attached hydrogens (primary N) is 1. The zero-order valence-electron chi connectivity index (χ0n) is 13.1. The second kappa shape index (κ2) is 6.98. The molecule has 2 heterocycles. The molecule has 4 nitrogen and oxygen atoms in total. The Morgan fingerprint density at radius 1 is 1.30 bits per heavy atom. The number of anilines is 1. The first-order valence-electron chi connectivity index (χ1n) is 7.74. The molecule has 0 fully saturated rings. The molecule has 0 atom stereocenters. The van der Waals surface area contributed by atoms with Crippen LogP contribution in [0, 0.1) is 6.92 Å². The predicted octanol–water partition coefficient (Wildman–Crippen LogP) is 3.56. The van der Waals surface area contributed by atoms with Gasteiger partial charge in [0.2, 0.25) is 0 Å². The van der Waals surface area contributed by atoms with E-state index in [2.05, 4.69) is 0 Å². The molecule has 0 saturated heterocycles. The molecule has 0 unspecified atom stereocenters. The molecule has 0 saturated carbocycles. The molecule has 1 aliphatic rings. The number of unbranched alkanes of at least 4 members (excludes halogenated alkanes) is 1. The van der Waals surface area contributed by atoms with Crippen molar-refractivity contribution in [2.45, 2.75) is 19.8 Å². The topological polar surface area (TPSA) is 55.6 Å². The third kappa shape index (κ3) is 3.46. The fourth-order valence-corrected chi connectivity index (χ4v) is 3.21. The number of carbonyl (C=O) groups is 1. The van der Waals surface area contributed by atoms with Gasteiger partial charge in [0.25, 0.3) is 5.91 Å². The number of benzene rings is 1. The van der Waals surface area contributed by atoms with Crippen LogP contribution in [-0.2, 0) is 4.79 Å². The van der Waals surface area contributed by atoms with Gasteiger partial charge in [0.1, 0.15) is 0 Å². The van der Waals surface area contributed by atoms with E-state index in [9.17, 15) is 4.79 Å². The molecule has 0 radical (unpaired) electrons. The summed E-state index contributed by atoms with van der Waals surface area (Å²) in [6.45, 7) is 3.30. The minimum absolute atomic E-state index is 0.0893. The second-order valence-electron chi connectivity index (χ2n) is 5.55. The number of hydrogen-bond acceptors (Lipinski definition) is 4. The van der Waals surface area contributed by atoms with Crippen molar-refractivity contribution in [3.8, 4) is 5.75 Å². The Balaban J connectivity index is 1.95. The third-order valence-electron chi connectivity index (χ3n) is 3.73. The first kappa shape index (κ1) is 15.8. The maximum absolute atomic E-state index is 12.8. The highest BCUT2D eigenvalue weighted by Gasteiger charge is 2.30. The van der Waals surface area contributed by atoms with Crippen LogP contribution in [0.25, 0.3) is 6.08 Å². The lowest BCUT2D eigenvalue weighted by Crippen LogP contribution is -2.38. The fraction of sp³-hybridized carbons (Fsp3) is 0.278. The number of carbonyl (C=O) groups excluding carboxylic acids is 1. The van der Waals surface area contributed by atoms with Crippen molar-refractivity contribution in [1.82, 2.24) is 0 Å². The molecule has 2 aromatic rings. The van der Waals surface area contributed by atoms with Crippen LogP contribution in [0.1, 0.15) is 23.3 Å². The molecular formula is C18H20N2O2S. The molecule has 23 heavy (non-hydrogen) atoms. The molecule has 0 spiro atoms. The Morgan fingerprint density at radius 2 is 2.17 bits per heavy atom. The normalized spacial score (nSPS) is 15.7. The van der Waals surface area contributed by atoms with Crippen LogP contribution in [0.4, 0.5) is 5.69 Å². The van der Waals surface area contributed by atoms with Gasteiger partial charge >= 0.3 is 0 Å². The lowest BCUT2D eigenvalue weighted by molar-refractivity contribution is -0.117. The van der Waals surface area contributed by atoms with Gasteiger partial charge in [-0.1, -0.05) is 12.1 Å². The van der Waals surface area contributed by atoms with E-state index in [0.717, 1.165) is 34.7 Å². The van der Waals surface area contributed by atoms with Gasteiger partial charge in [-0.2, -0.15) is 0 Å². The van der Waals surface area contributed by atoms with E-state index >= 15 is 0 Å². The summed E-state index contributed by atoms with van der Waals surface area (Å²) in [4.78, 5) is 15.6. The molecule has 3 rings (SSSR count). The summed E-state index contributed by atoms with van der Waals surface area (Å²) < 4.78 is 5.86. The Hall–Kier alpha value is -2.11. The van der Waals surface area contributed by atoms with Crippen LogP contribution >= 0.6 is 11.3 Å². The van der Waals surface area contributed by atoms with Crippen LogP contribution in [0.2, 0.25) is 0 Å². The van der Waals surface area contributed by atoms with E-state index in [1.807, 2.05) is 48.7 Å². The van der Waals surface area contributed by atoms with Crippen molar-refractivity contribution in [2.24, 2.45) is 5.73 Å². The molecule has 5 heteroatoms. The number of fused-ring (bicyclic) bond motifs is 1. The number of hydrogen-bond donors (Lipinski definition) is 1. The van der Waals surface area contributed by atoms with E-state index in [-0.39, 0.29) is 5.91 Å². The standard InChI is InChI=1S/C18H20N2O2S/c1-13-6-7-16-15(11-13)20(9-3-2-8-19)18(21)17(22-16)12-14-5-4-10-23-14/h4-7,10-12H,2-3,8-9,19H2,1H3/b17-12+. The fourth-order valence-electron chi connectivity index (χ4n) is 2.56. The molecule has 1 aromatic heterocycles. The van der Waals surface area contributed by atoms with Gasteiger partial charge in [-0.25, -0.2) is 0 Å². The minimum Gasteiger partial charge on any atom is -0.449 e. The zero-order chi connectivity index (χ0) is 16.2. The average Bonchev–Trinajstić information content (AvgIpc) is 3.04. The van der Waals surface area contributed by atoms with Crippen LogP contribution < -0.4 is 15.4 Å². The van der Waals surface area contributed by atoms with Gasteiger partial charge in [0.05, 0.1) is 5.69 Å². The summed E-state index contributed by atoms with van der Waals surface area (Å²) in [6.07, 6.45) is 3.59. The number of thiophene rings is 1. The van der Waals surface area contributed by atoms with E-state index in [1.165, 1.54) is 0 Å². The Bertz CT molecular complexity index is 723. The SMILES string of the molecule is Cc1ccc2c(c1)N(CCCCN)C(=O)/C(=C\c1cccs1)O2. The smallest absolute Gasteiger partial charge is 0.294 e. The number of nitrogens with zero attached hydrogens (tertiary/aromatic N) is 1.